The number of carbonyl (C=O) groups is 3. The smallest absolute Gasteiger partial charge is 0.355 e. The Bertz CT molecular complexity index is 698. The molecule has 2 unspecified atom stereocenters. The van der Waals surface area contributed by atoms with Crippen molar-refractivity contribution in [2.75, 3.05) is 11.5 Å². The number of hydrogen-bond donors (Lipinski definition) is 1. The van der Waals surface area contributed by atoms with E-state index in [0.717, 1.165) is 10.5 Å². The number of ether oxygens (including phenoxy) is 1. The summed E-state index contributed by atoms with van der Waals surface area (Å²) in [4.78, 5) is 38.1. The van der Waals surface area contributed by atoms with Gasteiger partial charge in [0.25, 0.3) is 5.91 Å². The zero-order valence-electron chi connectivity index (χ0n) is 12.2. The summed E-state index contributed by atoms with van der Waals surface area (Å²) in [7, 11) is 0. The Morgan fingerprint density at radius 3 is 2.73 bits per heavy atom. The molecular formula is C15H15N3O4. The van der Waals surface area contributed by atoms with Gasteiger partial charge in [0.05, 0.1) is 12.3 Å². The van der Waals surface area contributed by atoms with Gasteiger partial charge in [0.2, 0.25) is 5.91 Å². The third kappa shape index (κ3) is 1.97. The fraction of sp³-hybridized carbons (Fsp3) is 0.333. The molecule has 1 N–H and O–H groups in total. The molecule has 7 nitrogen and oxygen atoms in total. The van der Waals surface area contributed by atoms with Crippen LogP contribution in [-0.2, 0) is 19.1 Å². The summed E-state index contributed by atoms with van der Waals surface area (Å²) < 4.78 is 4.89. The lowest BCUT2D eigenvalue weighted by Gasteiger charge is -2.17. The molecule has 1 aromatic rings. The first-order chi connectivity index (χ1) is 10.6. The second-order valence-corrected chi connectivity index (χ2v) is 5.10. The largest absolute Gasteiger partial charge is 0.461 e. The Hall–Kier alpha value is -2.70. The van der Waals surface area contributed by atoms with Crippen molar-refractivity contribution in [3.63, 3.8) is 0 Å². The zero-order valence-corrected chi connectivity index (χ0v) is 12.2. The van der Waals surface area contributed by atoms with Crippen molar-refractivity contribution in [3.8, 4) is 0 Å². The van der Waals surface area contributed by atoms with Gasteiger partial charge in [0, 0.05) is 0 Å². The topological polar surface area (TPSA) is 88.1 Å². The van der Waals surface area contributed by atoms with Crippen LogP contribution >= 0.6 is 0 Å². The van der Waals surface area contributed by atoms with E-state index in [-0.39, 0.29) is 12.3 Å². The molecule has 2 aliphatic rings. The van der Waals surface area contributed by atoms with Gasteiger partial charge in [0.15, 0.2) is 5.71 Å². The Kier molecular flexibility index (Phi) is 3.40. The summed E-state index contributed by atoms with van der Waals surface area (Å²) in [5.74, 6) is -2.46. The summed E-state index contributed by atoms with van der Waals surface area (Å²) in [6.07, 6.45) is 0. The molecule has 2 heterocycles. The lowest BCUT2D eigenvalue weighted by atomic mass is 9.99. The van der Waals surface area contributed by atoms with Gasteiger partial charge in [-0.1, -0.05) is 18.2 Å². The molecule has 2 amide bonds. The molecule has 22 heavy (non-hydrogen) atoms. The molecule has 1 aromatic carbocycles. The van der Waals surface area contributed by atoms with Crippen LogP contribution in [0.2, 0.25) is 0 Å². The summed E-state index contributed by atoms with van der Waals surface area (Å²) in [5, 5.41) is 3.81. The molecule has 3 rings (SSSR count). The van der Waals surface area contributed by atoms with Gasteiger partial charge in [-0.3, -0.25) is 15.0 Å². The van der Waals surface area contributed by atoms with Gasteiger partial charge in [-0.2, -0.15) is 5.10 Å². The van der Waals surface area contributed by atoms with Gasteiger partial charge < -0.3 is 4.74 Å². The zero-order chi connectivity index (χ0) is 15.9. The summed E-state index contributed by atoms with van der Waals surface area (Å²) in [6.45, 7) is 3.66. The highest BCUT2D eigenvalue weighted by Gasteiger charge is 2.55. The predicted octanol–water partition coefficient (Wildman–Crippen LogP) is 0.375. The molecular weight excluding hydrogens is 286 g/mol. The van der Waals surface area contributed by atoms with Crippen molar-refractivity contribution in [3.05, 3.63) is 29.8 Å². The number of amides is 2. The van der Waals surface area contributed by atoms with E-state index in [0.29, 0.717) is 5.69 Å². The minimum absolute atomic E-state index is 0.0405. The fourth-order valence-corrected chi connectivity index (χ4v) is 2.71. The van der Waals surface area contributed by atoms with E-state index in [1.54, 1.807) is 19.1 Å². The van der Waals surface area contributed by atoms with Gasteiger partial charge in [-0.15, -0.1) is 0 Å². The quantitative estimate of drug-likeness (QED) is 0.644. The minimum atomic E-state index is -0.925. The first-order valence-corrected chi connectivity index (χ1v) is 7.00. The molecule has 2 aliphatic heterocycles. The Morgan fingerprint density at radius 1 is 1.32 bits per heavy atom. The van der Waals surface area contributed by atoms with Crippen LogP contribution in [0.5, 0.6) is 0 Å². The van der Waals surface area contributed by atoms with Gasteiger partial charge in [0.1, 0.15) is 12.0 Å². The molecule has 0 saturated carbocycles. The number of carbonyl (C=O) groups excluding carboxylic acids is 3. The van der Waals surface area contributed by atoms with Crippen LogP contribution in [-0.4, -0.2) is 36.1 Å². The van der Waals surface area contributed by atoms with E-state index in [1.165, 1.54) is 0 Å². The number of nitrogens with zero attached hydrogens (tertiary/aromatic N) is 2. The average molecular weight is 301 g/mol. The van der Waals surface area contributed by atoms with Gasteiger partial charge in [-0.05, 0) is 25.5 Å². The molecule has 0 bridgehead atoms. The number of imide groups is 1. The van der Waals surface area contributed by atoms with Crippen LogP contribution in [0, 0.1) is 12.8 Å². The van der Waals surface area contributed by atoms with E-state index in [2.05, 4.69) is 10.5 Å². The minimum Gasteiger partial charge on any atom is -0.461 e. The van der Waals surface area contributed by atoms with E-state index < -0.39 is 29.7 Å². The first-order valence-electron chi connectivity index (χ1n) is 7.00. The Morgan fingerprint density at radius 2 is 2.05 bits per heavy atom. The second-order valence-electron chi connectivity index (χ2n) is 5.10. The van der Waals surface area contributed by atoms with Crippen LogP contribution < -0.4 is 10.3 Å². The van der Waals surface area contributed by atoms with Crippen molar-refractivity contribution in [1.82, 2.24) is 5.43 Å². The van der Waals surface area contributed by atoms with E-state index >= 15 is 0 Å². The Labute approximate surface area is 126 Å². The molecule has 1 fully saturated rings. The number of anilines is 1. The fourth-order valence-electron chi connectivity index (χ4n) is 2.71. The molecule has 0 aromatic heterocycles. The molecule has 1 saturated heterocycles. The lowest BCUT2D eigenvalue weighted by molar-refractivity contribution is -0.136. The standard InChI is InChI=1S/C15H15N3O4/c1-3-22-15(21)12-10-11(16-17-12)14(20)18(13(10)19)9-7-5-4-6-8(9)2/h4-7,10-11,16H,3H2,1-2H3. The summed E-state index contributed by atoms with van der Waals surface area (Å²) in [5.41, 5.74) is 3.87. The van der Waals surface area contributed by atoms with Crippen LogP contribution in [0.25, 0.3) is 0 Å². The maximum Gasteiger partial charge on any atom is 0.355 e. The number of hydrazone groups is 1. The molecule has 2 atom stereocenters. The van der Waals surface area contributed by atoms with Crippen LogP contribution in [0.3, 0.4) is 0 Å². The number of nitrogens with one attached hydrogen (secondary N) is 1. The number of esters is 1. The Balaban J connectivity index is 1.95. The van der Waals surface area contributed by atoms with Crippen molar-refractivity contribution in [2.24, 2.45) is 11.0 Å². The molecule has 0 aliphatic carbocycles. The first kappa shape index (κ1) is 14.2. The highest BCUT2D eigenvalue weighted by atomic mass is 16.5. The summed E-state index contributed by atoms with van der Waals surface area (Å²) in [6, 6.07) is 6.26. The molecule has 114 valence electrons. The third-order valence-electron chi connectivity index (χ3n) is 3.77. The van der Waals surface area contributed by atoms with Gasteiger partial charge >= 0.3 is 5.97 Å². The maximum atomic E-state index is 12.6. The second kappa shape index (κ2) is 5.25. The third-order valence-corrected chi connectivity index (χ3v) is 3.77. The van der Waals surface area contributed by atoms with Crippen LogP contribution in [0.1, 0.15) is 12.5 Å². The number of para-hydroxylation sites is 1. The van der Waals surface area contributed by atoms with E-state index in [4.69, 9.17) is 4.74 Å². The van der Waals surface area contributed by atoms with Crippen LogP contribution in [0.4, 0.5) is 5.69 Å². The average Bonchev–Trinajstić information content (AvgIpc) is 3.02. The number of hydrogen-bond acceptors (Lipinski definition) is 6. The van der Waals surface area contributed by atoms with Crippen molar-refractivity contribution < 1.29 is 19.1 Å². The molecule has 7 heteroatoms. The monoisotopic (exact) mass is 301 g/mol. The number of aryl methyl sites for hydroxylation is 1. The van der Waals surface area contributed by atoms with E-state index in [9.17, 15) is 14.4 Å². The maximum absolute atomic E-state index is 12.6. The number of rotatable bonds is 3. The normalized spacial score (nSPS) is 23.2. The predicted molar refractivity (Wildman–Crippen MR) is 78.2 cm³/mol. The number of benzene rings is 1. The number of fused-ring (bicyclic) bond motifs is 1. The SMILES string of the molecule is CCOC(=O)C1=NNC2C(=O)N(c3ccccc3C)C(=O)C12. The van der Waals surface area contributed by atoms with Crippen LogP contribution in [0.15, 0.2) is 29.4 Å². The van der Waals surface area contributed by atoms with Crippen molar-refractivity contribution >= 4 is 29.2 Å². The molecule has 0 radical (unpaired) electrons. The van der Waals surface area contributed by atoms with Crippen molar-refractivity contribution in [2.45, 2.75) is 19.9 Å². The highest BCUT2D eigenvalue weighted by Crippen LogP contribution is 2.32. The van der Waals surface area contributed by atoms with E-state index in [1.807, 2.05) is 19.1 Å². The summed E-state index contributed by atoms with van der Waals surface area (Å²) >= 11 is 0. The molecule has 0 spiro atoms. The lowest BCUT2D eigenvalue weighted by Crippen LogP contribution is -2.36. The van der Waals surface area contributed by atoms with Crippen molar-refractivity contribution in [1.29, 1.82) is 0 Å². The van der Waals surface area contributed by atoms with Gasteiger partial charge in [-0.25, -0.2) is 9.69 Å². The highest BCUT2D eigenvalue weighted by molar-refractivity contribution is 6.46.